The molecule has 1 amide bonds. The van der Waals surface area contributed by atoms with Crippen molar-refractivity contribution in [2.45, 2.75) is 19.4 Å². The number of carbonyl (C=O) groups is 1. The summed E-state index contributed by atoms with van der Waals surface area (Å²) in [5.74, 6) is -1.18. The number of para-hydroxylation sites is 1. The molecule has 2 aromatic carbocycles. The summed E-state index contributed by atoms with van der Waals surface area (Å²) in [5.41, 5.74) is 0.917. The zero-order valence-corrected chi connectivity index (χ0v) is 15.0. The van der Waals surface area contributed by atoms with Gasteiger partial charge in [0.2, 0.25) is 15.9 Å². The second-order valence-corrected chi connectivity index (χ2v) is 7.57. The molecule has 25 heavy (non-hydrogen) atoms. The molecule has 0 saturated carbocycles. The molecular formula is C18H21FN2O3S. The molecule has 0 fully saturated rings. The van der Waals surface area contributed by atoms with Crippen LogP contribution in [0.2, 0.25) is 0 Å². The van der Waals surface area contributed by atoms with Gasteiger partial charge in [-0.2, -0.15) is 0 Å². The minimum absolute atomic E-state index is 0.143. The number of nitrogens with zero attached hydrogens (tertiary/aromatic N) is 1. The van der Waals surface area contributed by atoms with Crippen LogP contribution in [0.1, 0.15) is 12.5 Å². The molecule has 0 aliphatic rings. The first-order chi connectivity index (χ1) is 11.8. The maximum Gasteiger partial charge on any atom is 0.243 e. The monoisotopic (exact) mass is 364 g/mol. The number of benzene rings is 2. The van der Waals surface area contributed by atoms with Gasteiger partial charge in [-0.3, -0.25) is 9.10 Å². The van der Waals surface area contributed by atoms with E-state index in [4.69, 9.17) is 0 Å². The van der Waals surface area contributed by atoms with E-state index >= 15 is 0 Å². The van der Waals surface area contributed by atoms with Crippen molar-refractivity contribution < 1.29 is 17.6 Å². The SMILES string of the molecule is C[C@H](C(=O)NCCc1ccccc1)N(c1ccccc1F)S(C)(=O)=O. The highest BCUT2D eigenvalue weighted by Gasteiger charge is 2.30. The van der Waals surface area contributed by atoms with Gasteiger partial charge in [-0.05, 0) is 31.0 Å². The molecule has 1 atom stereocenters. The molecule has 0 spiro atoms. The molecule has 0 radical (unpaired) electrons. The Morgan fingerprint density at radius 3 is 2.32 bits per heavy atom. The van der Waals surface area contributed by atoms with Crippen LogP contribution in [0.15, 0.2) is 54.6 Å². The third-order valence-electron chi connectivity index (χ3n) is 3.73. The van der Waals surface area contributed by atoms with Crippen LogP contribution < -0.4 is 9.62 Å². The van der Waals surface area contributed by atoms with Crippen LogP contribution in [-0.4, -0.2) is 33.2 Å². The standard InChI is InChI=1S/C18H21FN2O3S/c1-14(18(22)20-13-12-15-8-4-3-5-9-15)21(25(2,23)24)17-11-7-6-10-16(17)19/h3-11,14H,12-13H2,1-2H3,(H,20,22)/t14-/m1/s1. The number of hydrogen-bond acceptors (Lipinski definition) is 3. The van der Waals surface area contributed by atoms with E-state index in [-0.39, 0.29) is 5.69 Å². The largest absolute Gasteiger partial charge is 0.354 e. The number of hydrogen-bond donors (Lipinski definition) is 1. The van der Waals surface area contributed by atoms with E-state index in [2.05, 4.69) is 5.32 Å². The molecule has 7 heteroatoms. The van der Waals surface area contributed by atoms with Crippen molar-refractivity contribution in [2.75, 3.05) is 17.1 Å². The quantitative estimate of drug-likeness (QED) is 0.820. The van der Waals surface area contributed by atoms with Gasteiger partial charge in [0, 0.05) is 6.54 Å². The molecule has 134 valence electrons. The smallest absolute Gasteiger partial charge is 0.243 e. The predicted molar refractivity (Wildman–Crippen MR) is 96.3 cm³/mol. The van der Waals surface area contributed by atoms with Crippen molar-refractivity contribution in [3.63, 3.8) is 0 Å². The first-order valence-corrected chi connectivity index (χ1v) is 9.71. The Balaban J connectivity index is 2.10. The minimum Gasteiger partial charge on any atom is -0.354 e. The third kappa shape index (κ3) is 5.03. The molecule has 0 aromatic heterocycles. The number of rotatable bonds is 7. The van der Waals surface area contributed by atoms with Crippen molar-refractivity contribution in [1.29, 1.82) is 0 Å². The Labute approximate surface area is 147 Å². The number of carbonyl (C=O) groups excluding carboxylic acids is 1. The van der Waals surface area contributed by atoms with Crippen molar-refractivity contribution >= 4 is 21.6 Å². The fraction of sp³-hybridized carbons (Fsp3) is 0.278. The number of halogens is 1. The number of sulfonamides is 1. The average molecular weight is 364 g/mol. The first-order valence-electron chi connectivity index (χ1n) is 7.86. The molecule has 0 heterocycles. The van der Waals surface area contributed by atoms with Crippen LogP contribution >= 0.6 is 0 Å². The van der Waals surface area contributed by atoms with Crippen LogP contribution in [0.4, 0.5) is 10.1 Å². The Hall–Kier alpha value is -2.41. The van der Waals surface area contributed by atoms with Crippen LogP contribution in [-0.2, 0) is 21.2 Å². The highest BCUT2D eigenvalue weighted by atomic mass is 32.2. The maximum absolute atomic E-state index is 14.0. The van der Waals surface area contributed by atoms with Crippen molar-refractivity contribution in [2.24, 2.45) is 0 Å². The van der Waals surface area contributed by atoms with Crippen LogP contribution in [0.25, 0.3) is 0 Å². The highest BCUT2D eigenvalue weighted by molar-refractivity contribution is 7.92. The molecule has 1 N–H and O–H groups in total. The van der Waals surface area contributed by atoms with Gasteiger partial charge >= 0.3 is 0 Å². The summed E-state index contributed by atoms with van der Waals surface area (Å²) in [6, 6.07) is 14.0. The van der Waals surface area contributed by atoms with E-state index in [1.54, 1.807) is 0 Å². The van der Waals surface area contributed by atoms with E-state index < -0.39 is 27.8 Å². The summed E-state index contributed by atoms with van der Waals surface area (Å²) in [4.78, 5) is 12.4. The lowest BCUT2D eigenvalue weighted by Crippen LogP contribution is -2.48. The molecule has 0 unspecified atom stereocenters. The predicted octanol–water partition coefficient (Wildman–Crippen LogP) is 2.34. The van der Waals surface area contributed by atoms with Gasteiger partial charge in [-0.1, -0.05) is 42.5 Å². The zero-order chi connectivity index (χ0) is 18.4. The number of anilines is 1. The molecule has 0 aliphatic heterocycles. The molecule has 0 aliphatic carbocycles. The van der Waals surface area contributed by atoms with Gasteiger partial charge < -0.3 is 5.32 Å². The molecule has 2 rings (SSSR count). The van der Waals surface area contributed by atoms with E-state index in [0.717, 1.165) is 22.2 Å². The van der Waals surface area contributed by atoms with E-state index in [0.29, 0.717) is 13.0 Å². The molecule has 0 bridgehead atoms. The van der Waals surface area contributed by atoms with Gasteiger partial charge in [0.05, 0.1) is 11.9 Å². The third-order valence-corrected chi connectivity index (χ3v) is 4.96. The summed E-state index contributed by atoms with van der Waals surface area (Å²) in [6.07, 6.45) is 1.57. The Morgan fingerprint density at radius 1 is 1.12 bits per heavy atom. The Bertz CT molecular complexity index is 825. The van der Waals surface area contributed by atoms with Crippen LogP contribution in [0, 0.1) is 5.82 Å². The normalized spacial score (nSPS) is 12.4. The molecule has 2 aromatic rings. The topological polar surface area (TPSA) is 66.5 Å². The Kier molecular flexibility index (Phi) is 6.14. The average Bonchev–Trinajstić information content (AvgIpc) is 2.56. The van der Waals surface area contributed by atoms with E-state index in [9.17, 15) is 17.6 Å². The van der Waals surface area contributed by atoms with Crippen LogP contribution in [0.3, 0.4) is 0 Å². The van der Waals surface area contributed by atoms with Crippen LogP contribution in [0.5, 0.6) is 0 Å². The van der Waals surface area contributed by atoms with Gasteiger partial charge in [0.1, 0.15) is 11.9 Å². The van der Waals surface area contributed by atoms with Crippen molar-refractivity contribution in [1.82, 2.24) is 5.32 Å². The maximum atomic E-state index is 14.0. The number of nitrogens with one attached hydrogen (secondary N) is 1. The van der Waals surface area contributed by atoms with E-state index in [1.165, 1.54) is 25.1 Å². The van der Waals surface area contributed by atoms with Crippen molar-refractivity contribution in [3.05, 3.63) is 66.0 Å². The second-order valence-electron chi connectivity index (χ2n) is 5.71. The van der Waals surface area contributed by atoms with E-state index in [1.807, 2.05) is 30.3 Å². The lowest BCUT2D eigenvalue weighted by molar-refractivity contribution is -0.121. The fourth-order valence-corrected chi connectivity index (χ4v) is 3.71. The summed E-state index contributed by atoms with van der Waals surface area (Å²) < 4.78 is 39.0. The van der Waals surface area contributed by atoms with Crippen molar-refractivity contribution in [3.8, 4) is 0 Å². The van der Waals surface area contributed by atoms with Gasteiger partial charge in [0.15, 0.2) is 0 Å². The highest BCUT2D eigenvalue weighted by Crippen LogP contribution is 2.23. The summed E-state index contributed by atoms with van der Waals surface area (Å²) in [7, 11) is -3.83. The summed E-state index contributed by atoms with van der Waals surface area (Å²) >= 11 is 0. The van der Waals surface area contributed by atoms with Gasteiger partial charge in [0.25, 0.3) is 0 Å². The number of amides is 1. The fourth-order valence-electron chi connectivity index (χ4n) is 2.53. The lowest BCUT2D eigenvalue weighted by Gasteiger charge is -2.28. The second kappa shape index (κ2) is 8.11. The van der Waals surface area contributed by atoms with Gasteiger partial charge in [-0.25, -0.2) is 12.8 Å². The summed E-state index contributed by atoms with van der Waals surface area (Å²) in [5, 5.41) is 2.71. The molecular weight excluding hydrogens is 343 g/mol. The minimum atomic E-state index is -3.83. The molecule has 0 saturated heterocycles. The zero-order valence-electron chi connectivity index (χ0n) is 14.1. The summed E-state index contributed by atoms with van der Waals surface area (Å²) in [6.45, 7) is 1.80. The first kappa shape index (κ1) is 18.9. The molecule has 5 nitrogen and oxygen atoms in total. The van der Waals surface area contributed by atoms with Gasteiger partial charge in [-0.15, -0.1) is 0 Å². The Morgan fingerprint density at radius 2 is 1.72 bits per heavy atom. The lowest BCUT2D eigenvalue weighted by atomic mass is 10.1.